The lowest BCUT2D eigenvalue weighted by Crippen LogP contribution is -2.46. The zero-order chi connectivity index (χ0) is 15.0. The molecule has 2 atom stereocenters. The number of carbonyl (C=O) groups is 3. The summed E-state index contributed by atoms with van der Waals surface area (Å²) < 4.78 is 0. The Balaban J connectivity index is 1.79. The number of hydrogen-bond donors (Lipinski definition) is 1. The number of carbonyl (C=O) groups excluding carboxylic acids is 3. The number of nitrogens with zero attached hydrogens (tertiary/aromatic N) is 1. The molecule has 5 nitrogen and oxygen atoms in total. The fourth-order valence-electron chi connectivity index (χ4n) is 3.08. The van der Waals surface area contributed by atoms with Crippen LogP contribution in [0, 0.1) is 11.8 Å². The molecule has 1 saturated heterocycles. The first-order valence-corrected chi connectivity index (χ1v) is 7.40. The van der Waals surface area contributed by atoms with Crippen LogP contribution in [0.2, 0.25) is 5.02 Å². The van der Waals surface area contributed by atoms with Gasteiger partial charge in [-0.25, -0.2) is 0 Å². The lowest BCUT2D eigenvalue weighted by molar-refractivity contribution is -0.142. The van der Waals surface area contributed by atoms with E-state index in [4.69, 9.17) is 11.6 Å². The molecule has 1 aliphatic carbocycles. The van der Waals surface area contributed by atoms with E-state index in [9.17, 15) is 14.4 Å². The summed E-state index contributed by atoms with van der Waals surface area (Å²) >= 11 is 5.95. The minimum Gasteiger partial charge on any atom is -0.272 e. The summed E-state index contributed by atoms with van der Waals surface area (Å²) in [4.78, 5) is 36.7. The molecule has 3 amide bonds. The average molecular weight is 307 g/mol. The van der Waals surface area contributed by atoms with Crippen molar-refractivity contribution >= 4 is 29.3 Å². The second-order valence-electron chi connectivity index (χ2n) is 5.43. The fourth-order valence-corrected chi connectivity index (χ4v) is 3.30. The lowest BCUT2D eigenvalue weighted by atomic mass is 9.81. The number of amides is 3. The molecule has 0 spiro atoms. The maximum absolute atomic E-state index is 12.3. The van der Waals surface area contributed by atoms with E-state index in [0.717, 1.165) is 17.9 Å². The molecule has 21 heavy (non-hydrogen) atoms. The quantitative estimate of drug-likeness (QED) is 0.852. The van der Waals surface area contributed by atoms with Crippen molar-refractivity contribution < 1.29 is 14.4 Å². The summed E-state index contributed by atoms with van der Waals surface area (Å²) in [7, 11) is 0. The zero-order valence-electron chi connectivity index (χ0n) is 11.3. The van der Waals surface area contributed by atoms with Crippen molar-refractivity contribution in [1.29, 1.82) is 0 Å². The van der Waals surface area contributed by atoms with Crippen molar-refractivity contribution in [2.45, 2.75) is 25.7 Å². The summed E-state index contributed by atoms with van der Waals surface area (Å²) in [5, 5.41) is 1.17. The van der Waals surface area contributed by atoms with Crippen LogP contribution in [0.25, 0.3) is 0 Å². The third-order valence-electron chi connectivity index (χ3n) is 4.17. The molecule has 0 radical (unpaired) electrons. The summed E-state index contributed by atoms with van der Waals surface area (Å²) in [5.74, 6) is -1.70. The van der Waals surface area contributed by atoms with Crippen molar-refractivity contribution in [2.75, 3.05) is 0 Å². The highest BCUT2D eigenvalue weighted by Gasteiger charge is 2.49. The number of nitrogens with one attached hydrogen (secondary N) is 1. The van der Waals surface area contributed by atoms with Crippen LogP contribution in [0.3, 0.4) is 0 Å². The normalized spacial score (nSPS) is 24.9. The van der Waals surface area contributed by atoms with Crippen LogP contribution in [-0.4, -0.2) is 22.7 Å². The van der Waals surface area contributed by atoms with E-state index in [1.807, 2.05) is 0 Å². The van der Waals surface area contributed by atoms with Gasteiger partial charge in [0.2, 0.25) is 0 Å². The number of benzene rings is 1. The Bertz CT molecular complexity index is 593. The van der Waals surface area contributed by atoms with Crippen LogP contribution in [0.4, 0.5) is 0 Å². The minimum absolute atomic E-state index is 0.245. The van der Waals surface area contributed by atoms with Crippen LogP contribution in [0.5, 0.6) is 0 Å². The Hall–Kier alpha value is -1.88. The molecule has 1 aromatic rings. The van der Waals surface area contributed by atoms with Gasteiger partial charge in [0.25, 0.3) is 17.7 Å². The predicted octanol–water partition coefficient (Wildman–Crippen LogP) is 2.16. The van der Waals surface area contributed by atoms with Gasteiger partial charge in [-0.15, -0.1) is 0 Å². The van der Waals surface area contributed by atoms with Crippen molar-refractivity contribution in [3.63, 3.8) is 0 Å². The number of rotatable bonds is 2. The minimum atomic E-state index is -0.541. The first-order chi connectivity index (χ1) is 10.1. The molecule has 2 fully saturated rings. The Morgan fingerprint density at radius 3 is 2.24 bits per heavy atom. The molecular formula is C15H15ClN2O3. The molecule has 2 aliphatic rings. The van der Waals surface area contributed by atoms with Crippen LogP contribution < -0.4 is 5.43 Å². The van der Waals surface area contributed by atoms with Gasteiger partial charge >= 0.3 is 0 Å². The van der Waals surface area contributed by atoms with Gasteiger partial charge in [0.1, 0.15) is 0 Å². The maximum atomic E-state index is 12.3. The standard InChI is InChI=1S/C15H15ClN2O3/c16-12-8-4-3-7-11(12)13(19)17-18-14(20)9-5-1-2-6-10(9)15(18)21/h3-4,7-10H,1-2,5-6H2,(H,17,19)/t9-,10-/m1/s1. The van der Waals surface area contributed by atoms with E-state index < -0.39 is 5.91 Å². The first kappa shape index (κ1) is 14.1. The second kappa shape index (κ2) is 5.48. The highest BCUT2D eigenvalue weighted by Crippen LogP contribution is 2.37. The lowest BCUT2D eigenvalue weighted by Gasteiger charge is -2.19. The molecular weight excluding hydrogens is 292 g/mol. The second-order valence-corrected chi connectivity index (χ2v) is 5.84. The molecule has 0 bridgehead atoms. The number of fused-ring (bicyclic) bond motifs is 1. The zero-order valence-corrected chi connectivity index (χ0v) is 12.1. The molecule has 1 N–H and O–H groups in total. The van der Waals surface area contributed by atoms with E-state index in [1.165, 1.54) is 0 Å². The molecule has 6 heteroatoms. The van der Waals surface area contributed by atoms with Crippen LogP contribution in [0.1, 0.15) is 36.0 Å². The average Bonchev–Trinajstić information content (AvgIpc) is 2.73. The van der Waals surface area contributed by atoms with Crippen molar-refractivity contribution in [3.05, 3.63) is 34.9 Å². The summed E-state index contributed by atoms with van der Waals surface area (Å²) in [6, 6.07) is 6.52. The van der Waals surface area contributed by atoms with Gasteiger partial charge in [0.15, 0.2) is 0 Å². The SMILES string of the molecule is O=C(NN1C(=O)[C@@H]2CCCC[C@H]2C1=O)c1ccccc1Cl. The molecule has 0 unspecified atom stereocenters. The van der Waals surface area contributed by atoms with Gasteiger partial charge < -0.3 is 0 Å². The summed E-state index contributed by atoms with van der Waals surface area (Å²) in [6.07, 6.45) is 3.33. The van der Waals surface area contributed by atoms with E-state index in [2.05, 4.69) is 5.43 Å². The van der Waals surface area contributed by atoms with Crippen molar-refractivity contribution in [2.24, 2.45) is 11.8 Å². The van der Waals surface area contributed by atoms with Crippen LogP contribution in [0.15, 0.2) is 24.3 Å². The Kier molecular flexibility index (Phi) is 3.68. The van der Waals surface area contributed by atoms with Crippen molar-refractivity contribution in [3.8, 4) is 0 Å². The predicted molar refractivity (Wildman–Crippen MR) is 76.2 cm³/mol. The van der Waals surface area contributed by atoms with Crippen LogP contribution >= 0.6 is 11.6 Å². The van der Waals surface area contributed by atoms with Gasteiger partial charge in [0.05, 0.1) is 22.4 Å². The van der Waals surface area contributed by atoms with Crippen LogP contribution in [-0.2, 0) is 9.59 Å². The number of halogens is 1. The maximum Gasteiger partial charge on any atom is 0.271 e. The molecule has 3 rings (SSSR count). The van der Waals surface area contributed by atoms with E-state index in [0.29, 0.717) is 12.8 Å². The van der Waals surface area contributed by atoms with Crippen molar-refractivity contribution in [1.82, 2.24) is 10.4 Å². The third kappa shape index (κ3) is 2.42. The largest absolute Gasteiger partial charge is 0.272 e. The smallest absolute Gasteiger partial charge is 0.271 e. The molecule has 1 heterocycles. The van der Waals surface area contributed by atoms with Gasteiger partial charge in [0, 0.05) is 0 Å². The Morgan fingerprint density at radius 1 is 1.10 bits per heavy atom. The highest BCUT2D eigenvalue weighted by molar-refractivity contribution is 6.33. The Labute approximate surface area is 127 Å². The molecule has 1 aliphatic heterocycles. The van der Waals surface area contributed by atoms with Gasteiger partial charge in [-0.2, -0.15) is 5.01 Å². The third-order valence-corrected chi connectivity index (χ3v) is 4.50. The molecule has 1 saturated carbocycles. The fraction of sp³-hybridized carbons (Fsp3) is 0.400. The van der Waals surface area contributed by atoms with E-state index >= 15 is 0 Å². The monoisotopic (exact) mass is 306 g/mol. The summed E-state index contributed by atoms with van der Waals surface area (Å²) in [5.41, 5.74) is 2.65. The highest BCUT2D eigenvalue weighted by atomic mass is 35.5. The molecule has 1 aromatic carbocycles. The Morgan fingerprint density at radius 2 is 1.67 bits per heavy atom. The summed E-state index contributed by atoms with van der Waals surface area (Å²) in [6.45, 7) is 0. The first-order valence-electron chi connectivity index (χ1n) is 7.03. The van der Waals surface area contributed by atoms with Gasteiger partial charge in [-0.05, 0) is 25.0 Å². The number of hydrazine groups is 1. The molecule has 110 valence electrons. The number of imide groups is 1. The topological polar surface area (TPSA) is 66.5 Å². The van der Waals surface area contributed by atoms with E-state index in [1.54, 1.807) is 24.3 Å². The number of hydrogen-bond acceptors (Lipinski definition) is 3. The van der Waals surface area contributed by atoms with E-state index in [-0.39, 0.29) is 34.2 Å². The molecule has 0 aromatic heterocycles. The van der Waals surface area contributed by atoms with Gasteiger partial charge in [-0.3, -0.25) is 19.8 Å². The van der Waals surface area contributed by atoms with Gasteiger partial charge in [-0.1, -0.05) is 36.6 Å².